The number of aromatic nitrogens is 2. The molecule has 3 heteroatoms. The first-order valence-corrected chi connectivity index (χ1v) is 7.31. The van der Waals surface area contributed by atoms with Crippen molar-refractivity contribution < 1.29 is 4.57 Å². The Balaban J connectivity index is 1.84. The maximum Gasteiger partial charge on any atom is 0.249 e. The summed E-state index contributed by atoms with van der Waals surface area (Å²) in [5.74, 6) is 0. The molecule has 0 saturated carbocycles. The van der Waals surface area contributed by atoms with Crippen LogP contribution in [0.15, 0.2) is 73.3 Å². The summed E-state index contributed by atoms with van der Waals surface area (Å²) in [4.78, 5) is 0. The van der Waals surface area contributed by atoms with Gasteiger partial charge < -0.3 is 0 Å². The summed E-state index contributed by atoms with van der Waals surface area (Å²) in [5.41, 5.74) is 2.34. The normalized spacial score (nSPS) is 11.3. The van der Waals surface area contributed by atoms with Gasteiger partial charge in [0.1, 0.15) is 12.7 Å². The van der Waals surface area contributed by atoms with E-state index < -0.39 is 0 Å². The summed E-state index contributed by atoms with van der Waals surface area (Å²) >= 11 is 6.25. The van der Waals surface area contributed by atoms with E-state index in [0.29, 0.717) is 0 Å². The van der Waals surface area contributed by atoms with E-state index in [1.165, 1.54) is 16.3 Å². The van der Waals surface area contributed by atoms with Gasteiger partial charge in [0, 0.05) is 16.0 Å². The van der Waals surface area contributed by atoms with E-state index >= 15 is 0 Å². The molecule has 0 fully saturated rings. The molecular formula is C18H14ClN2+. The predicted molar refractivity (Wildman–Crippen MR) is 85.7 cm³/mol. The fourth-order valence-corrected chi connectivity index (χ4v) is 2.95. The third-order valence-electron chi connectivity index (χ3n) is 3.80. The molecule has 2 aromatic heterocycles. The van der Waals surface area contributed by atoms with Crippen molar-refractivity contribution in [2.75, 3.05) is 0 Å². The fourth-order valence-electron chi connectivity index (χ4n) is 2.75. The van der Waals surface area contributed by atoms with Crippen LogP contribution >= 0.6 is 11.6 Å². The second-order valence-electron chi connectivity index (χ2n) is 5.20. The maximum absolute atomic E-state index is 6.25. The summed E-state index contributed by atoms with van der Waals surface area (Å²) in [6, 6.07) is 18.6. The Hall–Kier alpha value is -2.32. The van der Waals surface area contributed by atoms with Crippen molar-refractivity contribution in [3.63, 3.8) is 0 Å². The molecule has 0 spiro atoms. The van der Waals surface area contributed by atoms with Crippen LogP contribution in [0.5, 0.6) is 0 Å². The van der Waals surface area contributed by atoms with Crippen LogP contribution in [0.2, 0.25) is 5.02 Å². The molecular weight excluding hydrogens is 280 g/mol. The molecule has 0 amide bonds. The molecule has 0 N–H and O–H groups in total. The third kappa shape index (κ3) is 2.18. The van der Waals surface area contributed by atoms with Gasteiger partial charge in [-0.1, -0.05) is 48.0 Å². The number of benzene rings is 2. The van der Waals surface area contributed by atoms with Gasteiger partial charge in [0.25, 0.3) is 0 Å². The van der Waals surface area contributed by atoms with E-state index in [2.05, 4.69) is 64.1 Å². The highest BCUT2D eigenvalue weighted by Gasteiger charge is 2.11. The molecule has 0 atom stereocenters. The van der Waals surface area contributed by atoms with Crippen molar-refractivity contribution in [1.29, 1.82) is 0 Å². The van der Waals surface area contributed by atoms with Gasteiger partial charge in [-0.2, -0.15) is 0 Å². The number of pyridine rings is 1. The average molecular weight is 294 g/mol. The van der Waals surface area contributed by atoms with Crippen molar-refractivity contribution in [3.8, 4) is 0 Å². The first-order valence-electron chi connectivity index (χ1n) is 6.93. The Morgan fingerprint density at radius 1 is 0.952 bits per heavy atom. The third-order valence-corrected chi connectivity index (χ3v) is 4.17. The summed E-state index contributed by atoms with van der Waals surface area (Å²) in [6.45, 7) is 0.773. The van der Waals surface area contributed by atoms with Crippen molar-refractivity contribution >= 4 is 27.9 Å². The molecule has 2 aromatic carbocycles. The molecule has 4 aromatic rings. The van der Waals surface area contributed by atoms with Crippen molar-refractivity contribution in [2.24, 2.45) is 0 Å². The molecule has 0 bridgehead atoms. The summed E-state index contributed by atoms with van der Waals surface area (Å²) in [5, 5.41) is 3.33. The van der Waals surface area contributed by atoms with E-state index in [1.807, 2.05) is 18.2 Å². The number of rotatable bonds is 2. The lowest BCUT2D eigenvalue weighted by atomic mass is 10.1. The Bertz CT molecular complexity index is 940. The van der Waals surface area contributed by atoms with Crippen LogP contribution in [0, 0.1) is 0 Å². The molecule has 0 aliphatic heterocycles. The lowest BCUT2D eigenvalue weighted by molar-refractivity contribution is -0.686. The first-order chi connectivity index (χ1) is 10.3. The van der Waals surface area contributed by atoms with E-state index in [1.54, 1.807) is 0 Å². The van der Waals surface area contributed by atoms with E-state index in [0.717, 1.165) is 17.1 Å². The molecule has 0 saturated heterocycles. The standard InChI is InChI=1S/C18H14ClN2/c19-17-8-4-2-6-15(17)11-20-12-18-16-7-3-1-5-14(16)9-10-21(18)13-20/h1-10,12-13H,11H2/q+1. The highest BCUT2D eigenvalue weighted by Crippen LogP contribution is 2.19. The topological polar surface area (TPSA) is 8.29 Å². The highest BCUT2D eigenvalue weighted by atomic mass is 35.5. The van der Waals surface area contributed by atoms with Crippen LogP contribution in [0.1, 0.15) is 5.56 Å². The number of imidazole rings is 1. The quantitative estimate of drug-likeness (QED) is 0.492. The zero-order chi connectivity index (χ0) is 14.2. The summed E-state index contributed by atoms with van der Waals surface area (Å²) < 4.78 is 4.32. The lowest BCUT2D eigenvalue weighted by Gasteiger charge is -1.99. The molecule has 0 aliphatic carbocycles. The van der Waals surface area contributed by atoms with Gasteiger partial charge >= 0.3 is 0 Å². The summed E-state index contributed by atoms with van der Waals surface area (Å²) in [6.07, 6.45) is 6.37. The lowest BCUT2D eigenvalue weighted by Crippen LogP contribution is -2.31. The van der Waals surface area contributed by atoms with Crippen LogP contribution in [0.3, 0.4) is 0 Å². The van der Waals surface area contributed by atoms with Gasteiger partial charge in [-0.25, -0.2) is 8.97 Å². The Morgan fingerprint density at radius 3 is 2.67 bits per heavy atom. The minimum absolute atomic E-state index is 0.773. The van der Waals surface area contributed by atoms with Crippen LogP contribution in [0.25, 0.3) is 16.3 Å². The zero-order valence-electron chi connectivity index (χ0n) is 11.4. The smallest absolute Gasteiger partial charge is 0.232 e. The minimum atomic E-state index is 0.773. The molecule has 21 heavy (non-hydrogen) atoms. The average Bonchev–Trinajstić information content (AvgIpc) is 2.93. The fraction of sp³-hybridized carbons (Fsp3) is 0.0556. The Morgan fingerprint density at radius 2 is 1.76 bits per heavy atom. The van der Waals surface area contributed by atoms with Crippen molar-refractivity contribution in [2.45, 2.75) is 6.54 Å². The SMILES string of the molecule is Clc1ccccc1C[n+]1cc2c3ccccc3ccn2c1. The predicted octanol–water partition coefficient (Wildman–Crippen LogP) is 4.08. The number of hydrogen-bond donors (Lipinski definition) is 0. The zero-order valence-corrected chi connectivity index (χ0v) is 12.2. The molecule has 2 nitrogen and oxygen atoms in total. The highest BCUT2D eigenvalue weighted by molar-refractivity contribution is 6.31. The van der Waals surface area contributed by atoms with Crippen molar-refractivity contribution in [3.05, 3.63) is 83.9 Å². The molecule has 102 valence electrons. The van der Waals surface area contributed by atoms with E-state index in [9.17, 15) is 0 Å². The molecule has 4 rings (SSSR count). The monoisotopic (exact) mass is 293 g/mol. The Kier molecular flexibility index (Phi) is 2.90. The maximum atomic E-state index is 6.25. The molecule has 0 unspecified atom stereocenters. The van der Waals surface area contributed by atoms with Gasteiger partial charge in [0.05, 0.1) is 6.20 Å². The largest absolute Gasteiger partial charge is 0.249 e. The van der Waals surface area contributed by atoms with Gasteiger partial charge in [0.2, 0.25) is 6.33 Å². The minimum Gasteiger partial charge on any atom is -0.232 e. The molecule has 2 heterocycles. The second kappa shape index (κ2) is 4.90. The van der Waals surface area contributed by atoms with E-state index in [4.69, 9.17) is 11.6 Å². The van der Waals surface area contributed by atoms with Gasteiger partial charge in [-0.05, 0) is 23.6 Å². The molecule has 0 aliphatic rings. The molecule has 0 radical (unpaired) electrons. The second-order valence-corrected chi connectivity index (χ2v) is 5.61. The first kappa shape index (κ1) is 12.4. The van der Waals surface area contributed by atoms with Gasteiger partial charge in [-0.15, -0.1) is 0 Å². The van der Waals surface area contributed by atoms with Crippen molar-refractivity contribution in [1.82, 2.24) is 4.40 Å². The number of nitrogens with zero attached hydrogens (tertiary/aromatic N) is 2. The van der Waals surface area contributed by atoms with Gasteiger partial charge in [0.15, 0.2) is 5.52 Å². The summed E-state index contributed by atoms with van der Waals surface area (Å²) in [7, 11) is 0. The number of halogens is 1. The van der Waals surface area contributed by atoms with Gasteiger partial charge in [-0.3, -0.25) is 0 Å². The van der Waals surface area contributed by atoms with E-state index in [-0.39, 0.29) is 0 Å². The van der Waals surface area contributed by atoms with Crippen LogP contribution in [0.4, 0.5) is 0 Å². The van der Waals surface area contributed by atoms with Crippen LogP contribution in [-0.4, -0.2) is 4.40 Å². The number of hydrogen-bond acceptors (Lipinski definition) is 0. The van der Waals surface area contributed by atoms with Crippen LogP contribution in [-0.2, 0) is 6.54 Å². The Labute approximate surface area is 127 Å². The number of fused-ring (bicyclic) bond motifs is 3. The van der Waals surface area contributed by atoms with Crippen LogP contribution < -0.4 is 4.57 Å².